The average molecular weight is 210 g/mol. The summed E-state index contributed by atoms with van der Waals surface area (Å²) in [5.74, 6) is -1.24. The van der Waals surface area contributed by atoms with Crippen molar-refractivity contribution in [2.45, 2.75) is 20.4 Å². The number of halogens is 2. The molecule has 0 aliphatic carbocycles. The van der Waals surface area contributed by atoms with Crippen LogP contribution in [0.25, 0.3) is 11.0 Å². The Morgan fingerprint density at radius 3 is 2.60 bits per heavy atom. The van der Waals surface area contributed by atoms with E-state index in [1.54, 1.807) is 6.33 Å². The first-order valence-corrected chi connectivity index (χ1v) is 4.88. The second kappa shape index (κ2) is 3.61. The molecule has 0 aliphatic rings. The molecule has 0 atom stereocenters. The zero-order valence-electron chi connectivity index (χ0n) is 8.67. The molecule has 2 rings (SSSR count). The first kappa shape index (κ1) is 10.1. The van der Waals surface area contributed by atoms with Crippen LogP contribution in [-0.2, 0) is 6.54 Å². The normalized spacial score (nSPS) is 11.5. The Kier molecular flexibility index (Phi) is 2.42. The molecule has 0 N–H and O–H groups in total. The van der Waals surface area contributed by atoms with Gasteiger partial charge in [-0.3, -0.25) is 0 Å². The highest BCUT2D eigenvalue weighted by molar-refractivity contribution is 5.75. The molecule has 0 radical (unpaired) electrons. The number of fused-ring (bicyclic) bond motifs is 1. The van der Waals surface area contributed by atoms with Crippen molar-refractivity contribution in [3.05, 3.63) is 30.1 Å². The molecule has 0 bridgehead atoms. The van der Waals surface area contributed by atoms with Crippen LogP contribution in [0, 0.1) is 17.6 Å². The predicted octanol–water partition coefficient (Wildman–Crippen LogP) is 2.97. The Hall–Kier alpha value is -1.45. The summed E-state index contributed by atoms with van der Waals surface area (Å²) < 4.78 is 27.8. The molecule has 0 aliphatic heterocycles. The van der Waals surface area contributed by atoms with Gasteiger partial charge in [-0.1, -0.05) is 13.8 Å². The van der Waals surface area contributed by atoms with E-state index < -0.39 is 11.6 Å². The first-order valence-electron chi connectivity index (χ1n) is 4.88. The molecule has 0 unspecified atom stereocenters. The fraction of sp³-hybridized carbons (Fsp3) is 0.364. The summed E-state index contributed by atoms with van der Waals surface area (Å²) in [6.45, 7) is 4.87. The molecular weight excluding hydrogens is 198 g/mol. The summed E-state index contributed by atoms with van der Waals surface area (Å²) in [6.07, 6.45) is 1.61. The van der Waals surface area contributed by atoms with Crippen LogP contribution in [0.5, 0.6) is 0 Å². The van der Waals surface area contributed by atoms with Crippen molar-refractivity contribution in [1.82, 2.24) is 9.55 Å². The van der Waals surface area contributed by atoms with Crippen molar-refractivity contribution in [1.29, 1.82) is 0 Å². The van der Waals surface area contributed by atoms with Crippen molar-refractivity contribution in [3.63, 3.8) is 0 Å². The molecule has 0 fully saturated rings. The second-order valence-electron chi connectivity index (χ2n) is 4.05. The smallest absolute Gasteiger partial charge is 0.161 e. The lowest BCUT2D eigenvalue weighted by Gasteiger charge is -2.06. The van der Waals surface area contributed by atoms with E-state index >= 15 is 0 Å². The van der Waals surface area contributed by atoms with Crippen LogP contribution in [0.2, 0.25) is 0 Å². The Morgan fingerprint density at radius 2 is 1.93 bits per heavy atom. The van der Waals surface area contributed by atoms with Crippen LogP contribution in [0.4, 0.5) is 8.78 Å². The maximum absolute atomic E-state index is 13.0. The van der Waals surface area contributed by atoms with Gasteiger partial charge in [0.1, 0.15) is 0 Å². The molecule has 2 aromatic rings. The Balaban J connectivity index is 2.54. The Labute approximate surface area is 86.5 Å². The lowest BCUT2D eigenvalue weighted by molar-refractivity contribution is 0.507. The van der Waals surface area contributed by atoms with Gasteiger partial charge in [-0.2, -0.15) is 0 Å². The van der Waals surface area contributed by atoms with Crippen LogP contribution < -0.4 is 0 Å². The maximum Gasteiger partial charge on any atom is 0.161 e. The minimum atomic E-state index is -0.850. The summed E-state index contributed by atoms with van der Waals surface area (Å²) in [4.78, 5) is 4.03. The van der Waals surface area contributed by atoms with Gasteiger partial charge < -0.3 is 4.57 Å². The molecule has 0 spiro atoms. The fourth-order valence-electron chi connectivity index (χ4n) is 1.59. The topological polar surface area (TPSA) is 17.8 Å². The number of hydrogen-bond acceptors (Lipinski definition) is 1. The highest BCUT2D eigenvalue weighted by Gasteiger charge is 2.09. The average Bonchev–Trinajstić information content (AvgIpc) is 2.49. The lowest BCUT2D eigenvalue weighted by Crippen LogP contribution is -2.02. The number of imidazole rings is 1. The molecule has 1 aromatic carbocycles. The summed E-state index contributed by atoms with van der Waals surface area (Å²) in [7, 11) is 0. The fourth-order valence-corrected chi connectivity index (χ4v) is 1.59. The van der Waals surface area contributed by atoms with Gasteiger partial charge in [0.2, 0.25) is 0 Å². The van der Waals surface area contributed by atoms with Crippen molar-refractivity contribution in [2.24, 2.45) is 5.92 Å². The van der Waals surface area contributed by atoms with Gasteiger partial charge in [0.25, 0.3) is 0 Å². The molecule has 0 amide bonds. The summed E-state index contributed by atoms with van der Waals surface area (Å²) >= 11 is 0. The Morgan fingerprint density at radius 1 is 1.27 bits per heavy atom. The minimum absolute atomic E-state index is 0.440. The van der Waals surface area contributed by atoms with E-state index in [0.29, 0.717) is 17.0 Å². The van der Waals surface area contributed by atoms with Crippen molar-refractivity contribution in [2.75, 3.05) is 0 Å². The van der Waals surface area contributed by atoms with E-state index in [1.807, 2.05) is 4.57 Å². The first-order chi connectivity index (χ1) is 7.08. The third-order valence-electron chi connectivity index (χ3n) is 2.22. The van der Waals surface area contributed by atoms with Crippen molar-refractivity contribution in [3.8, 4) is 0 Å². The van der Waals surface area contributed by atoms with Gasteiger partial charge in [-0.25, -0.2) is 13.8 Å². The number of benzene rings is 1. The number of nitrogens with zero attached hydrogens (tertiary/aromatic N) is 2. The molecule has 2 nitrogen and oxygen atoms in total. The molecule has 1 heterocycles. The molecule has 1 aromatic heterocycles. The van der Waals surface area contributed by atoms with Gasteiger partial charge in [-0.15, -0.1) is 0 Å². The van der Waals surface area contributed by atoms with Crippen LogP contribution in [0.1, 0.15) is 13.8 Å². The Bertz CT molecular complexity index is 489. The zero-order valence-corrected chi connectivity index (χ0v) is 8.67. The highest BCUT2D eigenvalue weighted by atomic mass is 19.2. The summed E-state index contributed by atoms with van der Waals surface area (Å²) in [5, 5.41) is 0. The molecule has 0 saturated carbocycles. The van der Waals surface area contributed by atoms with E-state index in [1.165, 1.54) is 6.07 Å². The van der Waals surface area contributed by atoms with Crippen LogP contribution in [0.15, 0.2) is 18.5 Å². The van der Waals surface area contributed by atoms with Gasteiger partial charge in [-0.05, 0) is 5.92 Å². The van der Waals surface area contributed by atoms with Crippen LogP contribution >= 0.6 is 0 Å². The number of rotatable bonds is 2. The summed E-state index contributed by atoms with van der Waals surface area (Å²) in [5.41, 5.74) is 1.14. The van der Waals surface area contributed by atoms with Crippen LogP contribution in [0.3, 0.4) is 0 Å². The van der Waals surface area contributed by atoms with Crippen LogP contribution in [-0.4, -0.2) is 9.55 Å². The van der Waals surface area contributed by atoms with Crippen molar-refractivity contribution >= 4 is 11.0 Å². The predicted molar refractivity (Wildman–Crippen MR) is 54.5 cm³/mol. The zero-order chi connectivity index (χ0) is 11.0. The molecule has 80 valence electrons. The van der Waals surface area contributed by atoms with E-state index in [9.17, 15) is 8.78 Å². The van der Waals surface area contributed by atoms with Gasteiger partial charge in [0, 0.05) is 18.7 Å². The monoisotopic (exact) mass is 210 g/mol. The molecule has 15 heavy (non-hydrogen) atoms. The highest BCUT2D eigenvalue weighted by Crippen LogP contribution is 2.18. The largest absolute Gasteiger partial charge is 0.330 e. The second-order valence-corrected chi connectivity index (χ2v) is 4.05. The number of hydrogen-bond donors (Lipinski definition) is 0. The SMILES string of the molecule is CC(C)Cn1cnc2cc(F)c(F)cc21. The third-order valence-corrected chi connectivity index (χ3v) is 2.22. The van der Waals surface area contributed by atoms with Gasteiger partial charge in [0.15, 0.2) is 11.6 Å². The summed E-state index contributed by atoms with van der Waals surface area (Å²) in [6, 6.07) is 2.32. The van der Waals surface area contributed by atoms with E-state index in [0.717, 1.165) is 12.6 Å². The van der Waals surface area contributed by atoms with E-state index in [2.05, 4.69) is 18.8 Å². The van der Waals surface area contributed by atoms with E-state index in [-0.39, 0.29) is 0 Å². The number of aromatic nitrogens is 2. The minimum Gasteiger partial charge on any atom is -0.330 e. The van der Waals surface area contributed by atoms with Crippen molar-refractivity contribution < 1.29 is 8.78 Å². The third kappa shape index (κ3) is 1.84. The molecule has 0 saturated heterocycles. The molecular formula is C11H12F2N2. The quantitative estimate of drug-likeness (QED) is 0.745. The van der Waals surface area contributed by atoms with Gasteiger partial charge >= 0.3 is 0 Å². The molecule has 4 heteroatoms. The standard InChI is InChI=1S/C11H12F2N2/c1-7(2)5-15-6-14-10-3-8(12)9(13)4-11(10)15/h3-4,6-7H,5H2,1-2H3. The lowest BCUT2D eigenvalue weighted by atomic mass is 10.2. The van der Waals surface area contributed by atoms with E-state index in [4.69, 9.17) is 0 Å². The maximum atomic E-state index is 13.0. The van der Waals surface area contributed by atoms with Gasteiger partial charge in [0.05, 0.1) is 17.4 Å².